The van der Waals surface area contributed by atoms with E-state index >= 15 is 0 Å². The highest BCUT2D eigenvalue weighted by molar-refractivity contribution is 5.97. The highest BCUT2D eigenvalue weighted by atomic mass is 16.7. The Morgan fingerprint density at radius 2 is 1.92 bits per heavy atom. The van der Waals surface area contributed by atoms with Gasteiger partial charge >= 0.3 is 12.1 Å². The first kappa shape index (κ1) is 20.0. The fraction of sp³-hybridized carbons (Fsp3) is 0.389. The average molecular weight is 347 g/mol. The number of esters is 1. The number of rotatable bonds is 5. The molecule has 0 aliphatic rings. The second-order valence-electron chi connectivity index (χ2n) is 5.87. The number of carbonyl (C=O) groups excluding carboxylic acids is 2. The number of ether oxygens (including phenoxy) is 4. The van der Waals surface area contributed by atoms with Crippen LogP contribution in [0.4, 0.5) is 4.79 Å². The Morgan fingerprint density at radius 3 is 2.44 bits per heavy atom. The normalized spacial score (nSPS) is 11.3. The molecule has 134 valence electrons. The molecule has 0 heterocycles. The molecular formula is C18H21NO6. The first-order valence-corrected chi connectivity index (χ1v) is 7.58. The van der Waals surface area contributed by atoms with E-state index in [4.69, 9.17) is 24.2 Å². The van der Waals surface area contributed by atoms with Gasteiger partial charge in [-0.05, 0) is 51.5 Å². The lowest BCUT2D eigenvalue weighted by Crippen LogP contribution is -2.26. The number of hydrogen-bond acceptors (Lipinski definition) is 7. The maximum Gasteiger partial charge on any atom is 0.514 e. The van der Waals surface area contributed by atoms with E-state index < -0.39 is 17.7 Å². The van der Waals surface area contributed by atoms with Crippen LogP contribution < -0.4 is 9.47 Å². The minimum Gasteiger partial charge on any atom is -0.493 e. The largest absolute Gasteiger partial charge is 0.514 e. The van der Waals surface area contributed by atoms with Crippen molar-refractivity contribution >= 4 is 18.2 Å². The zero-order valence-electron chi connectivity index (χ0n) is 14.9. The Bertz CT molecular complexity index is 709. The summed E-state index contributed by atoms with van der Waals surface area (Å²) in [5, 5.41) is 9.06. The summed E-state index contributed by atoms with van der Waals surface area (Å²) in [6, 6.07) is 6.36. The molecule has 0 aromatic heterocycles. The predicted molar refractivity (Wildman–Crippen MR) is 90.1 cm³/mol. The summed E-state index contributed by atoms with van der Waals surface area (Å²) in [6.45, 7) is 6.98. The van der Waals surface area contributed by atoms with Crippen LogP contribution in [0.3, 0.4) is 0 Å². The Hall–Kier alpha value is -3.01. The highest BCUT2D eigenvalue weighted by Gasteiger charge is 2.20. The lowest BCUT2D eigenvalue weighted by atomic mass is 10.1. The number of methoxy groups -OCH3 is 1. The maximum atomic E-state index is 11.8. The first-order chi connectivity index (χ1) is 11.7. The number of nitrogens with zero attached hydrogens (tertiary/aromatic N) is 1. The molecule has 0 bridgehead atoms. The van der Waals surface area contributed by atoms with Crippen LogP contribution in [-0.4, -0.2) is 31.4 Å². The summed E-state index contributed by atoms with van der Waals surface area (Å²) in [6.07, 6.45) is 0.496. The summed E-state index contributed by atoms with van der Waals surface area (Å²) < 4.78 is 20.2. The third-order valence-corrected chi connectivity index (χ3v) is 2.70. The summed E-state index contributed by atoms with van der Waals surface area (Å²) in [5.41, 5.74) is -0.323. The average Bonchev–Trinajstić information content (AvgIpc) is 2.52. The molecule has 0 N–H and O–H groups in total. The molecule has 0 amide bonds. The standard InChI is InChI=1S/C18H21NO6/c1-6-23-16(20)13(11-19)9-12-7-8-14(15(10-12)22-5)24-17(21)25-18(2,3)4/h7-10H,6H2,1-5H3/b13-9+. The molecule has 0 atom stereocenters. The van der Waals surface area contributed by atoms with Gasteiger partial charge in [-0.15, -0.1) is 0 Å². The molecule has 0 saturated heterocycles. The highest BCUT2D eigenvalue weighted by Crippen LogP contribution is 2.29. The zero-order chi connectivity index (χ0) is 19.0. The van der Waals surface area contributed by atoms with Gasteiger partial charge in [0.2, 0.25) is 0 Å². The van der Waals surface area contributed by atoms with Gasteiger partial charge in [0.15, 0.2) is 11.5 Å². The quantitative estimate of drug-likeness (QED) is 0.348. The van der Waals surface area contributed by atoms with E-state index in [-0.39, 0.29) is 23.7 Å². The molecule has 0 aliphatic heterocycles. The van der Waals surface area contributed by atoms with Gasteiger partial charge in [-0.1, -0.05) is 6.07 Å². The number of hydrogen-bond donors (Lipinski definition) is 0. The molecule has 7 nitrogen and oxygen atoms in total. The van der Waals surface area contributed by atoms with E-state index in [1.807, 2.05) is 0 Å². The van der Waals surface area contributed by atoms with E-state index in [1.54, 1.807) is 39.8 Å². The second-order valence-corrected chi connectivity index (χ2v) is 5.87. The Balaban J connectivity index is 3.04. The topological polar surface area (TPSA) is 94.9 Å². The summed E-state index contributed by atoms with van der Waals surface area (Å²) in [4.78, 5) is 23.4. The van der Waals surface area contributed by atoms with Crippen LogP contribution in [0.25, 0.3) is 6.08 Å². The Kier molecular flexibility index (Phi) is 7.00. The minimum atomic E-state index is -0.863. The molecule has 0 unspecified atom stereocenters. The van der Waals surface area contributed by atoms with Gasteiger partial charge < -0.3 is 18.9 Å². The fourth-order valence-corrected chi connectivity index (χ4v) is 1.73. The first-order valence-electron chi connectivity index (χ1n) is 7.58. The van der Waals surface area contributed by atoms with Crippen molar-refractivity contribution in [2.75, 3.05) is 13.7 Å². The molecule has 0 saturated carbocycles. The lowest BCUT2D eigenvalue weighted by Gasteiger charge is -2.19. The van der Waals surface area contributed by atoms with Crippen molar-refractivity contribution in [1.29, 1.82) is 5.26 Å². The molecule has 0 radical (unpaired) electrons. The number of benzene rings is 1. The zero-order valence-corrected chi connectivity index (χ0v) is 14.9. The van der Waals surface area contributed by atoms with E-state index in [0.717, 1.165) is 0 Å². The lowest BCUT2D eigenvalue weighted by molar-refractivity contribution is -0.137. The van der Waals surface area contributed by atoms with Crippen LogP contribution in [0.5, 0.6) is 11.5 Å². The monoisotopic (exact) mass is 347 g/mol. The predicted octanol–water partition coefficient (Wildman–Crippen LogP) is 3.48. The van der Waals surface area contributed by atoms with Crippen LogP contribution in [0, 0.1) is 11.3 Å². The van der Waals surface area contributed by atoms with Gasteiger partial charge in [-0.25, -0.2) is 9.59 Å². The summed E-state index contributed by atoms with van der Waals surface area (Å²) >= 11 is 0. The fourth-order valence-electron chi connectivity index (χ4n) is 1.73. The van der Waals surface area contributed by atoms with Crippen LogP contribution in [0.1, 0.15) is 33.3 Å². The van der Waals surface area contributed by atoms with Gasteiger partial charge in [0.25, 0.3) is 0 Å². The van der Waals surface area contributed by atoms with E-state index in [9.17, 15) is 9.59 Å². The van der Waals surface area contributed by atoms with Gasteiger partial charge in [-0.2, -0.15) is 5.26 Å². The van der Waals surface area contributed by atoms with Crippen molar-refractivity contribution < 1.29 is 28.5 Å². The third-order valence-electron chi connectivity index (χ3n) is 2.70. The molecule has 1 rings (SSSR count). The summed E-state index contributed by atoms with van der Waals surface area (Å²) in [5.74, 6) is -0.303. The van der Waals surface area contributed by atoms with Crippen molar-refractivity contribution in [1.82, 2.24) is 0 Å². The van der Waals surface area contributed by atoms with Crippen molar-refractivity contribution in [2.24, 2.45) is 0 Å². The molecule has 0 aliphatic carbocycles. The molecule has 0 spiro atoms. The minimum absolute atomic E-state index is 0.148. The molecule has 1 aromatic rings. The van der Waals surface area contributed by atoms with Crippen LogP contribution in [-0.2, 0) is 14.3 Å². The van der Waals surface area contributed by atoms with Crippen molar-refractivity contribution in [3.63, 3.8) is 0 Å². The molecular weight excluding hydrogens is 326 g/mol. The molecule has 25 heavy (non-hydrogen) atoms. The molecule has 0 fully saturated rings. The number of nitriles is 1. The van der Waals surface area contributed by atoms with Crippen molar-refractivity contribution in [3.05, 3.63) is 29.3 Å². The maximum absolute atomic E-state index is 11.8. The third kappa shape index (κ3) is 6.55. The van der Waals surface area contributed by atoms with Crippen LogP contribution >= 0.6 is 0 Å². The summed E-state index contributed by atoms with van der Waals surface area (Å²) in [7, 11) is 1.40. The smallest absolute Gasteiger partial charge is 0.493 e. The van der Waals surface area contributed by atoms with Gasteiger partial charge in [0.1, 0.15) is 17.2 Å². The van der Waals surface area contributed by atoms with Crippen LogP contribution in [0.2, 0.25) is 0 Å². The molecule has 7 heteroatoms. The molecule has 1 aromatic carbocycles. The van der Waals surface area contributed by atoms with E-state index in [1.165, 1.54) is 25.3 Å². The van der Waals surface area contributed by atoms with Crippen LogP contribution in [0.15, 0.2) is 23.8 Å². The second kappa shape index (κ2) is 8.73. The van der Waals surface area contributed by atoms with Gasteiger partial charge in [0, 0.05) is 0 Å². The van der Waals surface area contributed by atoms with E-state index in [0.29, 0.717) is 5.56 Å². The Morgan fingerprint density at radius 1 is 1.24 bits per heavy atom. The number of carbonyl (C=O) groups is 2. The van der Waals surface area contributed by atoms with Gasteiger partial charge in [0.05, 0.1) is 13.7 Å². The SMILES string of the molecule is CCOC(=O)/C(C#N)=C/c1ccc(OC(=O)OC(C)(C)C)c(OC)c1. The Labute approximate surface area is 146 Å². The van der Waals surface area contributed by atoms with E-state index in [2.05, 4.69) is 0 Å². The van der Waals surface area contributed by atoms with Crippen molar-refractivity contribution in [3.8, 4) is 17.6 Å². The van der Waals surface area contributed by atoms with Crippen molar-refractivity contribution in [2.45, 2.75) is 33.3 Å². The van der Waals surface area contributed by atoms with Gasteiger partial charge in [-0.3, -0.25) is 0 Å².